The summed E-state index contributed by atoms with van der Waals surface area (Å²) in [4.78, 5) is 0. The van der Waals surface area contributed by atoms with Crippen LogP contribution in [0.3, 0.4) is 0 Å². The summed E-state index contributed by atoms with van der Waals surface area (Å²) in [7, 11) is 0. The normalized spacial score (nSPS) is 9.18. The zero-order valence-corrected chi connectivity index (χ0v) is 19.4. The van der Waals surface area contributed by atoms with Gasteiger partial charge < -0.3 is 0 Å². The molecule has 2 aromatic heterocycles. The van der Waals surface area contributed by atoms with Crippen molar-refractivity contribution in [3.05, 3.63) is 6.28 Å². The van der Waals surface area contributed by atoms with Crippen LogP contribution in [-0.2, 0) is 19.5 Å². The molecule has 0 aliphatic heterocycles. The van der Waals surface area contributed by atoms with Crippen molar-refractivity contribution >= 4 is 120 Å². The quantitative estimate of drug-likeness (QED) is 0.208. The van der Waals surface area contributed by atoms with Crippen LogP contribution in [0.4, 0.5) is 0 Å². The molecule has 0 aliphatic rings. The zero-order valence-electron chi connectivity index (χ0n) is 7.95. The van der Waals surface area contributed by atoms with Gasteiger partial charge in [-0.2, -0.15) is 0 Å². The third-order valence-corrected chi connectivity index (χ3v) is 8.55. The first-order valence-electron chi connectivity index (χ1n) is 3.44. The van der Waals surface area contributed by atoms with E-state index in [1.807, 2.05) is 0 Å². The van der Waals surface area contributed by atoms with Crippen molar-refractivity contribution in [2.45, 2.75) is 16.8 Å². The summed E-state index contributed by atoms with van der Waals surface area (Å²) in [6.07, 6.45) is 0. The van der Waals surface area contributed by atoms with Crippen molar-refractivity contribution in [1.82, 2.24) is 0 Å². The minimum Gasteiger partial charge on any atom is -0.131 e. The van der Waals surface area contributed by atoms with E-state index in [1.165, 1.54) is 45.3 Å². The van der Waals surface area contributed by atoms with Crippen LogP contribution in [0.1, 0.15) is 0 Å². The van der Waals surface area contributed by atoms with Gasteiger partial charge in [0.2, 0.25) is 0 Å². The van der Waals surface area contributed by atoms with Crippen molar-refractivity contribution in [3.63, 3.8) is 0 Å². The van der Waals surface area contributed by atoms with E-state index in [0.29, 0.717) is 0 Å². The van der Waals surface area contributed by atoms with Crippen LogP contribution in [0, 0.1) is 6.28 Å². The van der Waals surface area contributed by atoms with E-state index in [9.17, 15) is 0 Å². The molecule has 90 valence electrons. The minimum absolute atomic E-state index is 0. The molecule has 17 heavy (non-hydrogen) atoms. The van der Waals surface area contributed by atoms with Crippen molar-refractivity contribution in [2.24, 2.45) is 0 Å². The number of rotatable bonds is 0. The predicted molar refractivity (Wildman–Crippen MR) is 95.1 cm³/mol. The molecule has 0 aromatic carbocycles. The van der Waals surface area contributed by atoms with Gasteiger partial charge in [0.1, 0.15) is 6.28 Å². The molecule has 0 amide bonds. The molecule has 0 saturated heterocycles. The average molecular weight is 462 g/mol. The monoisotopic (exact) mass is 460 g/mol. The maximum atomic E-state index is 4.86. The first-order chi connectivity index (χ1) is 7.40. The van der Waals surface area contributed by atoms with E-state index in [-0.39, 0.29) is 19.5 Å². The molecule has 0 nitrogen and oxygen atoms in total. The third-order valence-electron chi connectivity index (χ3n) is 1.09. The second-order valence-corrected chi connectivity index (χ2v) is 11.6. The van der Waals surface area contributed by atoms with Crippen LogP contribution >= 0.6 is 120 Å². The standard InChI is InChI=1S/2C3H2S5.Zn/c2*4-1-2(5)8-3(6)7-1;/h2*4-5H;. The molecule has 0 bridgehead atoms. The summed E-state index contributed by atoms with van der Waals surface area (Å²) in [6, 6.07) is 0. The second kappa shape index (κ2) is 9.49. The van der Waals surface area contributed by atoms with Gasteiger partial charge in [0, 0.05) is 19.5 Å². The third kappa shape index (κ3) is 7.22. The Labute approximate surface area is 160 Å². The second-order valence-electron chi connectivity index (χ2n) is 2.13. The fraction of sp³-hybridized carbons (Fsp3) is 0. The summed E-state index contributed by atoms with van der Waals surface area (Å²) in [5, 5.41) is 0. The summed E-state index contributed by atoms with van der Waals surface area (Å²) in [5.74, 6) is 0. The Morgan fingerprint density at radius 1 is 0.588 bits per heavy atom. The molecule has 0 radical (unpaired) electrons. The molecule has 0 fully saturated rings. The molecule has 2 aromatic rings. The molecule has 2 rings (SSSR count). The Hall–Kier alpha value is 2.56. The van der Waals surface area contributed by atoms with Crippen LogP contribution < -0.4 is 0 Å². The summed E-state index contributed by atoms with van der Waals surface area (Å²) in [5.41, 5.74) is 0. The van der Waals surface area contributed by atoms with E-state index >= 15 is 0 Å². The van der Waals surface area contributed by atoms with Gasteiger partial charge in [-0.15, -0.1) is 95.9 Å². The molecular weight excluding hydrogens is 458 g/mol. The van der Waals surface area contributed by atoms with E-state index in [0.717, 1.165) is 23.1 Å². The molecular formula is C6H4S10Zn. The molecule has 0 aliphatic carbocycles. The molecule has 0 saturated carbocycles. The Morgan fingerprint density at radius 3 is 0.824 bits per heavy atom. The first-order valence-corrected chi connectivity index (χ1v) is 9.31. The zero-order chi connectivity index (χ0) is 12.3. The van der Waals surface area contributed by atoms with Gasteiger partial charge in [-0.05, 0) is 0 Å². The number of hydrogen-bond acceptors (Lipinski definition) is 10. The van der Waals surface area contributed by atoms with Crippen molar-refractivity contribution in [1.29, 1.82) is 0 Å². The molecule has 0 N–H and O–H groups in total. The SMILES string of the molecule is S=c1sc(S)c(S)s1.S=c1sc(S)c(S)s1.[Zn]. The fourth-order valence-electron chi connectivity index (χ4n) is 0.532. The van der Waals surface area contributed by atoms with Gasteiger partial charge in [-0.3, -0.25) is 0 Å². The molecule has 0 unspecified atom stereocenters. The van der Waals surface area contributed by atoms with Gasteiger partial charge >= 0.3 is 0 Å². The molecule has 0 spiro atoms. The van der Waals surface area contributed by atoms with Crippen LogP contribution in [-0.4, -0.2) is 0 Å². The largest absolute Gasteiger partial charge is 0.145 e. The smallest absolute Gasteiger partial charge is 0.131 e. The van der Waals surface area contributed by atoms with Crippen molar-refractivity contribution in [3.8, 4) is 0 Å². The van der Waals surface area contributed by atoms with Gasteiger partial charge in [-0.25, -0.2) is 0 Å². The Morgan fingerprint density at radius 2 is 0.765 bits per heavy atom. The van der Waals surface area contributed by atoms with Gasteiger partial charge in [-0.1, -0.05) is 24.4 Å². The molecule has 0 atom stereocenters. The first kappa shape index (κ1) is 19.6. The van der Waals surface area contributed by atoms with E-state index in [4.69, 9.17) is 24.4 Å². The minimum atomic E-state index is 0. The van der Waals surface area contributed by atoms with E-state index in [2.05, 4.69) is 50.5 Å². The summed E-state index contributed by atoms with van der Waals surface area (Å²) >= 11 is 32.1. The number of hydrogen-bond donors (Lipinski definition) is 4. The van der Waals surface area contributed by atoms with Crippen LogP contribution in [0.25, 0.3) is 0 Å². The van der Waals surface area contributed by atoms with E-state index in [1.54, 1.807) is 0 Å². The Balaban J connectivity index is 0.000000284. The topological polar surface area (TPSA) is 0 Å². The maximum absolute atomic E-state index is 4.86. The van der Waals surface area contributed by atoms with Crippen molar-refractivity contribution in [2.75, 3.05) is 0 Å². The van der Waals surface area contributed by atoms with Crippen molar-refractivity contribution < 1.29 is 19.5 Å². The van der Waals surface area contributed by atoms with E-state index < -0.39 is 0 Å². The maximum Gasteiger partial charge on any atom is 0.145 e. The number of thiol groups is 4. The van der Waals surface area contributed by atoms with Crippen LogP contribution in [0.5, 0.6) is 0 Å². The summed E-state index contributed by atoms with van der Waals surface area (Å²) in [6.45, 7) is 0. The van der Waals surface area contributed by atoms with Gasteiger partial charge in [0.25, 0.3) is 0 Å². The van der Waals surface area contributed by atoms with Crippen LogP contribution in [0.2, 0.25) is 0 Å². The van der Waals surface area contributed by atoms with Gasteiger partial charge in [0.15, 0.2) is 0 Å². The molecule has 2 heterocycles. The predicted octanol–water partition coefficient (Wildman–Crippen LogP) is 6.23. The van der Waals surface area contributed by atoms with Gasteiger partial charge in [0.05, 0.1) is 16.8 Å². The molecule has 11 heteroatoms. The summed E-state index contributed by atoms with van der Waals surface area (Å²) < 4.78 is 5.46. The average Bonchev–Trinajstić information content (AvgIpc) is 2.58. The fourth-order valence-corrected chi connectivity index (χ4v) is 7.47. The Bertz CT molecular complexity index is 473. The Kier molecular flexibility index (Phi) is 10.9. The van der Waals surface area contributed by atoms with Crippen LogP contribution in [0.15, 0.2) is 16.8 Å².